The lowest BCUT2D eigenvalue weighted by Gasteiger charge is -2.13. The largest absolute Gasteiger partial charge is 0.454 e. The van der Waals surface area contributed by atoms with Crippen LogP contribution >= 0.6 is 46.1 Å². The van der Waals surface area contributed by atoms with Gasteiger partial charge in [0.1, 0.15) is 15.1 Å². The van der Waals surface area contributed by atoms with Gasteiger partial charge in [-0.25, -0.2) is 0 Å². The van der Waals surface area contributed by atoms with Crippen LogP contribution in [0.4, 0.5) is 18.9 Å². The minimum atomic E-state index is -4.53. The SMILES string of the molecule is CC(Cl)=C(Cl)Cl.O=CNc1cc(C(F)(F)F)ccc1Oc1ccsc1C=O. The van der Waals surface area contributed by atoms with E-state index in [2.05, 4.69) is 5.32 Å². The van der Waals surface area contributed by atoms with Gasteiger partial charge in [0.05, 0.1) is 11.3 Å². The Morgan fingerprint density at radius 2 is 1.78 bits per heavy atom. The number of amides is 1. The van der Waals surface area contributed by atoms with Crippen molar-refractivity contribution in [1.29, 1.82) is 0 Å². The van der Waals surface area contributed by atoms with Crippen molar-refractivity contribution in [2.75, 3.05) is 5.32 Å². The number of aldehydes is 1. The molecule has 11 heteroatoms. The second-order valence-corrected chi connectivity index (χ2v) is 7.10. The summed E-state index contributed by atoms with van der Waals surface area (Å²) in [5.41, 5.74) is -1.05. The molecule has 0 fully saturated rings. The van der Waals surface area contributed by atoms with Gasteiger partial charge >= 0.3 is 6.18 Å². The van der Waals surface area contributed by atoms with Crippen LogP contribution < -0.4 is 10.1 Å². The van der Waals surface area contributed by atoms with Crippen molar-refractivity contribution in [3.63, 3.8) is 0 Å². The molecule has 0 aliphatic rings. The average molecular weight is 461 g/mol. The molecular formula is C16H11Cl3F3NO3S. The number of hydrogen-bond acceptors (Lipinski definition) is 4. The molecular weight excluding hydrogens is 450 g/mol. The molecule has 0 unspecified atom stereocenters. The monoisotopic (exact) mass is 459 g/mol. The summed E-state index contributed by atoms with van der Waals surface area (Å²) in [6.07, 6.45) is -3.71. The number of carbonyl (C=O) groups excluding carboxylic acids is 2. The van der Waals surface area contributed by atoms with E-state index in [9.17, 15) is 22.8 Å². The molecule has 0 saturated carbocycles. The zero-order chi connectivity index (χ0) is 20.6. The molecule has 27 heavy (non-hydrogen) atoms. The predicted octanol–water partition coefficient (Wildman–Crippen LogP) is 6.83. The molecule has 0 bridgehead atoms. The molecule has 1 aromatic heterocycles. The molecule has 0 spiro atoms. The second kappa shape index (κ2) is 10.6. The third-order valence-electron chi connectivity index (χ3n) is 2.77. The Balaban J connectivity index is 0.000000527. The Labute approximate surface area is 171 Å². The Morgan fingerprint density at radius 3 is 2.26 bits per heavy atom. The molecule has 0 atom stereocenters. The first-order valence-corrected chi connectivity index (χ1v) is 8.90. The first-order chi connectivity index (χ1) is 12.6. The molecule has 0 aliphatic carbocycles. The number of benzene rings is 1. The van der Waals surface area contributed by atoms with Crippen LogP contribution in [0.5, 0.6) is 11.5 Å². The molecule has 1 heterocycles. The van der Waals surface area contributed by atoms with Gasteiger partial charge in [-0.3, -0.25) is 9.59 Å². The minimum Gasteiger partial charge on any atom is -0.454 e. The Morgan fingerprint density at radius 1 is 1.15 bits per heavy atom. The van der Waals surface area contributed by atoms with Crippen LogP contribution in [0.3, 0.4) is 0 Å². The number of thiophene rings is 1. The van der Waals surface area contributed by atoms with Gasteiger partial charge < -0.3 is 10.1 Å². The van der Waals surface area contributed by atoms with Crippen molar-refractivity contribution in [2.24, 2.45) is 0 Å². The summed E-state index contributed by atoms with van der Waals surface area (Å²) in [4.78, 5) is 21.6. The first kappa shape index (κ1) is 23.3. The summed E-state index contributed by atoms with van der Waals surface area (Å²) in [5.74, 6) is 0.223. The highest BCUT2D eigenvalue weighted by Gasteiger charge is 2.31. The zero-order valence-corrected chi connectivity index (χ0v) is 16.5. The molecule has 4 nitrogen and oxygen atoms in total. The van der Waals surface area contributed by atoms with E-state index in [0.717, 1.165) is 29.5 Å². The summed E-state index contributed by atoms with van der Waals surface area (Å²) in [6.45, 7) is 1.62. The van der Waals surface area contributed by atoms with E-state index >= 15 is 0 Å². The topological polar surface area (TPSA) is 55.4 Å². The van der Waals surface area contributed by atoms with Crippen LogP contribution in [-0.2, 0) is 11.0 Å². The van der Waals surface area contributed by atoms with Gasteiger partial charge in [0, 0.05) is 5.03 Å². The van der Waals surface area contributed by atoms with E-state index in [1.165, 1.54) is 6.07 Å². The molecule has 0 radical (unpaired) electrons. The van der Waals surface area contributed by atoms with Crippen molar-refractivity contribution in [3.05, 3.63) is 49.6 Å². The fraction of sp³-hybridized carbons (Fsp3) is 0.125. The van der Waals surface area contributed by atoms with Gasteiger partial charge in [0.25, 0.3) is 0 Å². The van der Waals surface area contributed by atoms with Crippen LogP contribution in [0.15, 0.2) is 39.2 Å². The number of alkyl halides is 3. The number of carbonyl (C=O) groups is 2. The summed E-state index contributed by atoms with van der Waals surface area (Å²) in [6, 6.07) is 4.19. The molecule has 1 aromatic carbocycles. The fourth-order valence-electron chi connectivity index (χ4n) is 1.57. The van der Waals surface area contributed by atoms with E-state index < -0.39 is 11.7 Å². The highest BCUT2D eigenvalue weighted by molar-refractivity contribution is 7.12. The van der Waals surface area contributed by atoms with Crippen LogP contribution in [0, 0.1) is 0 Å². The third-order valence-corrected chi connectivity index (χ3v) is 4.54. The molecule has 2 rings (SSSR count). The number of nitrogens with one attached hydrogen (secondary N) is 1. The smallest absolute Gasteiger partial charge is 0.416 e. The van der Waals surface area contributed by atoms with E-state index in [-0.39, 0.29) is 28.1 Å². The molecule has 146 valence electrons. The Kier molecular flexibility index (Phi) is 9.11. The van der Waals surface area contributed by atoms with Crippen molar-refractivity contribution in [1.82, 2.24) is 0 Å². The van der Waals surface area contributed by atoms with Gasteiger partial charge in [-0.15, -0.1) is 11.3 Å². The zero-order valence-electron chi connectivity index (χ0n) is 13.4. The van der Waals surface area contributed by atoms with Gasteiger partial charge in [0.15, 0.2) is 12.0 Å². The van der Waals surface area contributed by atoms with Crippen LogP contribution in [-0.4, -0.2) is 12.7 Å². The summed E-state index contributed by atoms with van der Waals surface area (Å²) >= 11 is 16.6. The van der Waals surface area contributed by atoms with Crippen molar-refractivity contribution in [2.45, 2.75) is 13.1 Å². The van der Waals surface area contributed by atoms with Crippen LogP contribution in [0.25, 0.3) is 0 Å². The summed E-state index contributed by atoms with van der Waals surface area (Å²) in [5, 5.41) is 4.18. The third kappa shape index (κ3) is 7.42. The standard InChI is InChI=1S/C13H8F3NO3S.C3H3Cl3/c14-13(15,16)8-1-2-10(9(5-8)17-7-19)20-11-3-4-21-12(11)6-18;1-2(4)3(5)6/h1-7H,(H,17,19);1H3. The highest BCUT2D eigenvalue weighted by atomic mass is 35.5. The number of rotatable bonds is 5. The van der Waals surface area contributed by atoms with Crippen LogP contribution in [0.2, 0.25) is 0 Å². The molecule has 0 aliphatic heterocycles. The van der Waals surface area contributed by atoms with E-state index in [1.54, 1.807) is 12.3 Å². The van der Waals surface area contributed by atoms with Crippen molar-refractivity contribution >= 4 is 64.5 Å². The number of halogens is 6. The van der Waals surface area contributed by atoms with Crippen LogP contribution in [0.1, 0.15) is 22.2 Å². The minimum absolute atomic E-state index is 0.0107. The van der Waals surface area contributed by atoms with Gasteiger partial charge in [-0.05, 0) is 36.6 Å². The lowest BCUT2D eigenvalue weighted by atomic mass is 10.2. The molecule has 1 N–H and O–H groups in total. The van der Waals surface area contributed by atoms with E-state index in [0.29, 0.717) is 16.2 Å². The van der Waals surface area contributed by atoms with Gasteiger partial charge in [-0.1, -0.05) is 34.8 Å². The maximum atomic E-state index is 12.6. The number of ether oxygens (including phenoxy) is 1. The lowest BCUT2D eigenvalue weighted by molar-refractivity contribution is -0.137. The lowest BCUT2D eigenvalue weighted by Crippen LogP contribution is -2.06. The average Bonchev–Trinajstić information content (AvgIpc) is 3.03. The fourth-order valence-corrected chi connectivity index (χ4v) is 2.19. The Bertz CT molecular complexity index is 820. The first-order valence-electron chi connectivity index (χ1n) is 6.89. The normalized spacial score (nSPS) is 10.3. The molecule has 0 saturated heterocycles. The Hall–Kier alpha value is -1.74. The quantitative estimate of drug-likeness (QED) is 0.497. The number of anilines is 1. The summed E-state index contributed by atoms with van der Waals surface area (Å²) < 4.78 is 43.4. The van der Waals surface area contributed by atoms with Crippen molar-refractivity contribution < 1.29 is 27.5 Å². The molecule has 1 amide bonds. The van der Waals surface area contributed by atoms with Crippen molar-refractivity contribution in [3.8, 4) is 11.5 Å². The van der Waals surface area contributed by atoms with Gasteiger partial charge in [0.2, 0.25) is 6.41 Å². The predicted molar refractivity (Wildman–Crippen MR) is 101 cm³/mol. The number of allylic oxidation sites excluding steroid dienone is 1. The highest BCUT2D eigenvalue weighted by Crippen LogP contribution is 2.37. The maximum Gasteiger partial charge on any atom is 0.416 e. The van der Waals surface area contributed by atoms with Gasteiger partial charge in [-0.2, -0.15) is 13.2 Å². The number of hydrogen-bond donors (Lipinski definition) is 1. The van der Waals surface area contributed by atoms with E-state index in [1.807, 2.05) is 0 Å². The summed E-state index contributed by atoms with van der Waals surface area (Å²) in [7, 11) is 0. The molecule has 2 aromatic rings. The second-order valence-electron chi connectivity index (χ2n) is 4.63. The van der Waals surface area contributed by atoms with E-state index in [4.69, 9.17) is 39.5 Å². The maximum absolute atomic E-state index is 12.6.